The summed E-state index contributed by atoms with van der Waals surface area (Å²) in [7, 11) is 1.40. The van der Waals surface area contributed by atoms with Gasteiger partial charge in [-0.3, -0.25) is 14.1 Å². The second kappa shape index (κ2) is 15.5. The predicted octanol–water partition coefficient (Wildman–Crippen LogP) is 2.88. The molecule has 0 aliphatic carbocycles. The van der Waals surface area contributed by atoms with Crippen molar-refractivity contribution in [1.82, 2.24) is 0 Å². The summed E-state index contributed by atoms with van der Waals surface area (Å²) < 4.78 is 33.8. The lowest BCUT2D eigenvalue weighted by Crippen LogP contribution is -2.24. The Morgan fingerprint density at radius 3 is 2.27 bits per heavy atom. The molecule has 0 fully saturated rings. The molecule has 3 unspecified atom stereocenters. The Kier molecular flexibility index (Phi) is 15.4. The molecule has 172 valence electrons. The van der Waals surface area contributed by atoms with Gasteiger partial charge in [0.15, 0.2) is 6.10 Å². The van der Waals surface area contributed by atoms with Gasteiger partial charge in [-0.1, -0.05) is 7.43 Å². The van der Waals surface area contributed by atoms with Crippen molar-refractivity contribution < 1.29 is 41.5 Å². The van der Waals surface area contributed by atoms with Gasteiger partial charge in [0.1, 0.15) is 11.5 Å². The summed E-state index contributed by atoms with van der Waals surface area (Å²) in [4.78, 5) is 35.3. The third-order valence-electron chi connectivity index (χ3n) is 3.81. The van der Waals surface area contributed by atoms with E-state index in [1.165, 1.54) is 38.3 Å². The quantitative estimate of drug-likeness (QED) is 0.367. The van der Waals surface area contributed by atoms with Crippen LogP contribution in [0, 0.1) is 5.92 Å². The van der Waals surface area contributed by atoms with Crippen molar-refractivity contribution in [3.8, 4) is 5.75 Å². The summed E-state index contributed by atoms with van der Waals surface area (Å²) in [5.41, 5.74) is 0.475. The first kappa shape index (κ1) is 29.8. The highest BCUT2D eigenvalue weighted by Crippen LogP contribution is 2.19. The summed E-state index contributed by atoms with van der Waals surface area (Å²) in [5, 5.41) is 2.68. The van der Waals surface area contributed by atoms with E-state index in [9.17, 15) is 18.6 Å². The Hall–Kier alpha value is -2.37. The standard InChI is InChI=1S/C18H25NO8S.CH4.FH/c1-12(20)10-14(8-9-26-18(22)13(2)25-3)11-17(21)19-15-4-6-16(7-5-15)27-28(23)24;;/h4-7,13-14H,8-11H2,1-3H3,(H,19,21)(H,23,24);1H4;1H. The number of carbonyl (C=O) groups is 3. The van der Waals surface area contributed by atoms with Crippen molar-refractivity contribution in [2.24, 2.45) is 5.92 Å². The van der Waals surface area contributed by atoms with Crippen LogP contribution in [0.2, 0.25) is 0 Å². The van der Waals surface area contributed by atoms with Crippen LogP contribution >= 0.6 is 0 Å². The maximum atomic E-state index is 12.2. The normalized spacial score (nSPS) is 12.9. The molecular formula is C19H30FNO8S. The fourth-order valence-electron chi connectivity index (χ4n) is 2.37. The molecule has 1 aromatic carbocycles. The monoisotopic (exact) mass is 451 g/mol. The van der Waals surface area contributed by atoms with Crippen molar-refractivity contribution in [3.63, 3.8) is 0 Å². The van der Waals surface area contributed by atoms with E-state index in [1.54, 1.807) is 6.92 Å². The van der Waals surface area contributed by atoms with E-state index >= 15 is 0 Å². The molecule has 1 amide bonds. The Balaban J connectivity index is 0. The van der Waals surface area contributed by atoms with Gasteiger partial charge in [0.2, 0.25) is 5.91 Å². The third-order valence-corrected chi connectivity index (χ3v) is 4.15. The molecule has 3 atom stereocenters. The van der Waals surface area contributed by atoms with Crippen molar-refractivity contribution in [1.29, 1.82) is 0 Å². The van der Waals surface area contributed by atoms with Crippen LogP contribution in [-0.2, 0) is 35.2 Å². The molecule has 0 saturated carbocycles. The van der Waals surface area contributed by atoms with Crippen molar-refractivity contribution in [2.75, 3.05) is 19.0 Å². The number of hydrogen-bond acceptors (Lipinski definition) is 7. The molecule has 9 nitrogen and oxygen atoms in total. The minimum absolute atomic E-state index is 0. The average molecular weight is 452 g/mol. The molecule has 0 aliphatic rings. The van der Waals surface area contributed by atoms with Crippen LogP contribution in [0.1, 0.15) is 40.5 Å². The molecule has 30 heavy (non-hydrogen) atoms. The highest BCUT2D eigenvalue weighted by Gasteiger charge is 2.19. The minimum atomic E-state index is -2.42. The first-order chi connectivity index (χ1) is 13.2. The van der Waals surface area contributed by atoms with Gasteiger partial charge in [0.25, 0.3) is 0 Å². The van der Waals surface area contributed by atoms with Crippen LogP contribution in [0.3, 0.4) is 0 Å². The number of hydrogen-bond donors (Lipinski definition) is 2. The maximum Gasteiger partial charge on any atom is 0.357 e. The van der Waals surface area contributed by atoms with Crippen molar-refractivity contribution >= 4 is 34.7 Å². The van der Waals surface area contributed by atoms with E-state index in [0.717, 1.165) is 0 Å². The summed E-state index contributed by atoms with van der Waals surface area (Å²) in [5.74, 6) is -0.960. The van der Waals surface area contributed by atoms with Gasteiger partial charge in [0, 0.05) is 25.6 Å². The third kappa shape index (κ3) is 12.2. The van der Waals surface area contributed by atoms with Gasteiger partial charge < -0.3 is 23.8 Å². The Bertz CT molecular complexity index is 698. The number of rotatable bonds is 12. The van der Waals surface area contributed by atoms with Gasteiger partial charge in [-0.05, 0) is 50.5 Å². The van der Waals surface area contributed by atoms with Crippen LogP contribution in [0.15, 0.2) is 24.3 Å². The molecule has 0 saturated heterocycles. The number of ether oxygens (including phenoxy) is 2. The molecule has 1 rings (SSSR count). The number of benzene rings is 1. The van der Waals surface area contributed by atoms with Crippen molar-refractivity contribution in [3.05, 3.63) is 24.3 Å². The molecule has 0 heterocycles. The van der Waals surface area contributed by atoms with Gasteiger partial charge in [0.05, 0.1) is 6.61 Å². The lowest BCUT2D eigenvalue weighted by Gasteiger charge is -2.16. The fourth-order valence-corrected chi connectivity index (χ4v) is 2.65. The lowest BCUT2D eigenvalue weighted by atomic mass is 9.95. The van der Waals surface area contributed by atoms with E-state index in [2.05, 4.69) is 9.50 Å². The first-order valence-corrected chi connectivity index (χ1v) is 9.62. The summed E-state index contributed by atoms with van der Waals surface area (Å²) in [6.07, 6.45) is -0.0372. The van der Waals surface area contributed by atoms with Gasteiger partial charge in [-0.15, -0.1) is 0 Å². The molecule has 0 bridgehead atoms. The predicted molar refractivity (Wildman–Crippen MR) is 111 cm³/mol. The number of esters is 1. The lowest BCUT2D eigenvalue weighted by molar-refractivity contribution is -0.154. The zero-order chi connectivity index (χ0) is 21.1. The smallest absolute Gasteiger partial charge is 0.357 e. The average Bonchev–Trinajstić information content (AvgIpc) is 2.61. The Morgan fingerprint density at radius 2 is 1.77 bits per heavy atom. The van der Waals surface area contributed by atoms with Gasteiger partial charge in [-0.25, -0.2) is 4.79 Å². The van der Waals surface area contributed by atoms with Crippen LogP contribution < -0.4 is 9.50 Å². The van der Waals surface area contributed by atoms with Gasteiger partial charge in [-0.2, -0.15) is 4.21 Å². The second-order valence-electron chi connectivity index (χ2n) is 6.18. The zero-order valence-corrected chi connectivity index (χ0v) is 17.2. The van der Waals surface area contributed by atoms with E-state index < -0.39 is 23.4 Å². The number of anilines is 1. The first-order valence-electron chi connectivity index (χ1n) is 8.59. The molecular weight excluding hydrogens is 421 g/mol. The highest BCUT2D eigenvalue weighted by atomic mass is 32.2. The van der Waals surface area contributed by atoms with E-state index in [0.29, 0.717) is 12.1 Å². The van der Waals surface area contributed by atoms with Gasteiger partial charge >= 0.3 is 17.3 Å². The molecule has 1 aromatic rings. The van der Waals surface area contributed by atoms with E-state index in [4.69, 9.17) is 14.0 Å². The highest BCUT2D eigenvalue weighted by molar-refractivity contribution is 7.74. The number of nitrogens with one attached hydrogen (secondary N) is 1. The van der Waals surface area contributed by atoms with Crippen molar-refractivity contribution in [2.45, 2.75) is 46.6 Å². The van der Waals surface area contributed by atoms with Crippen LogP contribution in [-0.4, -0.2) is 46.2 Å². The van der Waals surface area contributed by atoms with E-state index in [-0.39, 0.29) is 54.9 Å². The Labute approximate surface area is 178 Å². The summed E-state index contributed by atoms with van der Waals surface area (Å²) >= 11 is -2.42. The fraction of sp³-hybridized carbons (Fsp3) is 0.526. The number of carbonyl (C=O) groups excluding carboxylic acids is 3. The molecule has 2 N–H and O–H groups in total. The number of halogens is 1. The van der Waals surface area contributed by atoms with Crippen LogP contribution in [0.4, 0.5) is 10.4 Å². The molecule has 0 aromatic heterocycles. The van der Waals surface area contributed by atoms with Crippen LogP contribution in [0.25, 0.3) is 0 Å². The number of Topliss-reactive ketones (excluding diaryl/α,β-unsaturated/α-hetero) is 1. The zero-order valence-electron chi connectivity index (χ0n) is 16.4. The molecule has 0 radical (unpaired) electrons. The Morgan fingerprint density at radius 1 is 1.17 bits per heavy atom. The summed E-state index contributed by atoms with van der Waals surface area (Å²) in [6, 6.07) is 5.92. The van der Waals surface area contributed by atoms with E-state index in [1.807, 2.05) is 0 Å². The molecule has 0 spiro atoms. The molecule has 11 heteroatoms. The van der Waals surface area contributed by atoms with Crippen LogP contribution in [0.5, 0.6) is 5.75 Å². The molecule has 0 aliphatic heterocycles. The number of methoxy groups -OCH3 is 1. The second-order valence-corrected chi connectivity index (χ2v) is 6.78. The summed E-state index contributed by atoms with van der Waals surface area (Å²) in [6.45, 7) is 3.09. The number of amides is 1. The number of ketones is 1. The largest absolute Gasteiger partial charge is 0.464 e. The SMILES string of the molecule is C.COC(C)C(=O)OCCC(CC(C)=O)CC(=O)Nc1ccc(OS(=O)O)cc1.F. The maximum absolute atomic E-state index is 12.2. The minimum Gasteiger partial charge on any atom is -0.464 e. The topological polar surface area (TPSA) is 128 Å².